The summed E-state index contributed by atoms with van der Waals surface area (Å²) in [4.78, 5) is 14.4. The number of carbonyl (C=O) groups is 1. The van der Waals surface area contributed by atoms with E-state index in [1.54, 1.807) is 12.1 Å². The van der Waals surface area contributed by atoms with Crippen molar-refractivity contribution in [3.8, 4) is 11.1 Å². The second-order valence-electron chi connectivity index (χ2n) is 6.29. The molecule has 0 unspecified atom stereocenters. The van der Waals surface area contributed by atoms with Crippen molar-refractivity contribution in [1.82, 2.24) is 5.32 Å². The molecular formula is C22H21N3OS. The molecule has 0 heterocycles. The number of rotatable bonds is 4. The number of hydrogen-bond donors (Lipinski definition) is 2. The third-order valence-electron chi connectivity index (χ3n) is 4.12. The Morgan fingerprint density at radius 3 is 2.00 bits per heavy atom. The van der Waals surface area contributed by atoms with Gasteiger partial charge in [-0.2, -0.15) is 0 Å². The monoisotopic (exact) mass is 375 g/mol. The topological polar surface area (TPSA) is 44.4 Å². The first-order chi connectivity index (χ1) is 13.0. The molecule has 27 heavy (non-hydrogen) atoms. The number of amides is 1. The Morgan fingerprint density at radius 1 is 0.815 bits per heavy atom. The maximum atomic E-state index is 12.4. The fourth-order valence-electron chi connectivity index (χ4n) is 2.63. The van der Waals surface area contributed by atoms with Crippen molar-refractivity contribution in [1.29, 1.82) is 0 Å². The van der Waals surface area contributed by atoms with Crippen LogP contribution in [0.3, 0.4) is 0 Å². The zero-order chi connectivity index (χ0) is 19.2. The molecule has 0 aliphatic carbocycles. The van der Waals surface area contributed by atoms with Crippen LogP contribution in [0.1, 0.15) is 10.4 Å². The van der Waals surface area contributed by atoms with Crippen molar-refractivity contribution in [2.24, 2.45) is 0 Å². The van der Waals surface area contributed by atoms with E-state index >= 15 is 0 Å². The summed E-state index contributed by atoms with van der Waals surface area (Å²) in [5, 5.41) is 6.01. The summed E-state index contributed by atoms with van der Waals surface area (Å²) >= 11 is 5.25. The molecule has 4 nitrogen and oxygen atoms in total. The molecule has 1 amide bonds. The number of carbonyl (C=O) groups excluding carboxylic acids is 1. The van der Waals surface area contributed by atoms with Gasteiger partial charge in [0.15, 0.2) is 5.11 Å². The summed E-state index contributed by atoms with van der Waals surface area (Å²) in [5.41, 5.74) is 4.65. The summed E-state index contributed by atoms with van der Waals surface area (Å²) in [6.45, 7) is 0. The first-order valence-electron chi connectivity index (χ1n) is 8.58. The highest BCUT2D eigenvalue weighted by atomic mass is 32.1. The van der Waals surface area contributed by atoms with E-state index in [0.29, 0.717) is 5.56 Å². The van der Waals surface area contributed by atoms with E-state index in [4.69, 9.17) is 12.2 Å². The van der Waals surface area contributed by atoms with Crippen LogP contribution in [0.2, 0.25) is 0 Å². The van der Waals surface area contributed by atoms with Gasteiger partial charge >= 0.3 is 0 Å². The molecule has 136 valence electrons. The fourth-order valence-corrected chi connectivity index (χ4v) is 2.84. The van der Waals surface area contributed by atoms with Crippen molar-refractivity contribution >= 4 is 34.6 Å². The van der Waals surface area contributed by atoms with Crippen LogP contribution >= 0.6 is 12.2 Å². The first-order valence-corrected chi connectivity index (χ1v) is 8.99. The van der Waals surface area contributed by atoms with Crippen LogP contribution in [-0.4, -0.2) is 25.1 Å². The van der Waals surface area contributed by atoms with Crippen molar-refractivity contribution in [2.45, 2.75) is 0 Å². The van der Waals surface area contributed by atoms with Crippen molar-refractivity contribution in [3.05, 3.63) is 84.4 Å². The highest BCUT2D eigenvalue weighted by Crippen LogP contribution is 2.19. The third kappa shape index (κ3) is 4.92. The van der Waals surface area contributed by atoms with E-state index in [9.17, 15) is 4.79 Å². The van der Waals surface area contributed by atoms with Gasteiger partial charge in [0.05, 0.1) is 0 Å². The van der Waals surface area contributed by atoms with Gasteiger partial charge in [0.2, 0.25) is 0 Å². The number of benzene rings is 3. The van der Waals surface area contributed by atoms with Crippen molar-refractivity contribution in [3.63, 3.8) is 0 Å². The quantitative estimate of drug-likeness (QED) is 0.657. The number of anilines is 2. The van der Waals surface area contributed by atoms with E-state index in [-0.39, 0.29) is 11.0 Å². The molecule has 0 bridgehead atoms. The van der Waals surface area contributed by atoms with Crippen LogP contribution < -0.4 is 15.5 Å². The zero-order valence-corrected chi connectivity index (χ0v) is 16.1. The summed E-state index contributed by atoms with van der Waals surface area (Å²) < 4.78 is 0. The number of hydrogen-bond acceptors (Lipinski definition) is 3. The minimum absolute atomic E-state index is 0.239. The minimum atomic E-state index is -0.239. The molecule has 0 aliphatic rings. The van der Waals surface area contributed by atoms with E-state index in [1.165, 1.54) is 0 Å². The molecule has 3 aromatic carbocycles. The van der Waals surface area contributed by atoms with E-state index in [0.717, 1.165) is 22.5 Å². The molecule has 0 saturated heterocycles. The summed E-state index contributed by atoms with van der Waals surface area (Å²) in [7, 11) is 3.96. The summed E-state index contributed by atoms with van der Waals surface area (Å²) in [6.07, 6.45) is 0. The summed E-state index contributed by atoms with van der Waals surface area (Å²) in [5.74, 6) is -0.239. The van der Waals surface area contributed by atoms with E-state index < -0.39 is 0 Å². The largest absolute Gasteiger partial charge is 0.378 e. The van der Waals surface area contributed by atoms with E-state index in [1.807, 2.05) is 85.7 Å². The van der Waals surface area contributed by atoms with Gasteiger partial charge in [-0.15, -0.1) is 0 Å². The van der Waals surface area contributed by atoms with Gasteiger partial charge in [0.25, 0.3) is 5.91 Å². The molecule has 0 spiro atoms. The van der Waals surface area contributed by atoms with Gasteiger partial charge in [0.1, 0.15) is 0 Å². The Hall–Kier alpha value is -3.18. The molecule has 3 rings (SSSR count). The third-order valence-corrected chi connectivity index (χ3v) is 4.33. The lowest BCUT2D eigenvalue weighted by molar-refractivity contribution is 0.0978. The molecule has 0 atom stereocenters. The molecule has 2 N–H and O–H groups in total. The molecular weight excluding hydrogens is 354 g/mol. The van der Waals surface area contributed by atoms with Crippen LogP contribution in [0.15, 0.2) is 78.9 Å². The average Bonchev–Trinajstić information content (AvgIpc) is 2.69. The first kappa shape index (κ1) is 18.6. The van der Waals surface area contributed by atoms with Crippen LogP contribution in [0.25, 0.3) is 11.1 Å². The molecule has 0 fully saturated rings. The van der Waals surface area contributed by atoms with Gasteiger partial charge in [0, 0.05) is 31.0 Å². The Kier molecular flexibility index (Phi) is 5.84. The molecule has 3 aromatic rings. The smallest absolute Gasteiger partial charge is 0.257 e. The van der Waals surface area contributed by atoms with Crippen LogP contribution in [0.4, 0.5) is 11.4 Å². The zero-order valence-electron chi connectivity index (χ0n) is 15.3. The lowest BCUT2D eigenvalue weighted by Gasteiger charge is -2.14. The fraction of sp³-hybridized carbons (Fsp3) is 0.0909. The Labute approximate surface area is 164 Å². The maximum absolute atomic E-state index is 12.4. The predicted molar refractivity (Wildman–Crippen MR) is 116 cm³/mol. The molecule has 0 saturated carbocycles. The van der Waals surface area contributed by atoms with Crippen LogP contribution in [-0.2, 0) is 0 Å². The lowest BCUT2D eigenvalue weighted by Crippen LogP contribution is -2.34. The highest BCUT2D eigenvalue weighted by molar-refractivity contribution is 7.80. The standard InChI is InChI=1S/C22H21N3OS/c1-25(2)20-14-12-19(13-15-20)23-22(27)24-21(26)18-10-8-17(9-11-18)16-6-4-3-5-7-16/h3-15H,1-2H3,(H2,23,24,26,27). The molecule has 0 radical (unpaired) electrons. The molecule has 0 aromatic heterocycles. The predicted octanol–water partition coefficient (Wildman–Crippen LogP) is 4.55. The van der Waals surface area contributed by atoms with Crippen LogP contribution in [0.5, 0.6) is 0 Å². The van der Waals surface area contributed by atoms with Gasteiger partial charge in [-0.3, -0.25) is 10.1 Å². The van der Waals surface area contributed by atoms with Gasteiger partial charge in [-0.1, -0.05) is 42.5 Å². The maximum Gasteiger partial charge on any atom is 0.257 e. The Morgan fingerprint density at radius 2 is 1.41 bits per heavy atom. The van der Waals surface area contributed by atoms with Crippen molar-refractivity contribution < 1.29 is 4.79 Å². The Bertz CT molecular complexity index is 920. The SMILES string of the molecule is CN(C)c1ccc(NC(=S)NC(=O)c2ccc(-c3ccccc3)cc2)cc1. The highest BCUT2D eigenvalue weighted by Gasteiger charge is 2.08. The van der Waals surface area contributed by atoms with Gasteiger partial charge in [-0.25, -0.2) is 0 Å². The van der Waals surface area contributed by atoms with Gasteiger partial charge in [-0.05, 0) is 59.7 Å². The minimum Gasteiger partial charge on any atom is -0.378 e. The number of nitrogens with zero attached hydrogens (tertiary/aromatic N) is 1. The number of nitrogens with one attached hydrogen (secondary N) is 2. The second kappa shape index (κ2) is 8.47. The lowest BCUT2D eigenvalue weighted by atomic mass is 10.0. The van der Waals surface area contributed by atoms with E-state index in [2.05, 4.69) is 10.6 Å². The normalized spacial score (nSPS) is 10.1. The summed E-state index contributed by atoms with van der Waals surface area (Å²) in [6, 6.07) is 25.3. The van der Waals surface area contributed by atoms with Crippen molar-refractivity contribution in [2.75, 3.05) is 24.3 Å². The second-order valence-corrected chi connectivity index (χ2v) is 6.70. The Balaban J connectivity index is 1.60. The van der Waals surface area contributed by atoms with Gasteiger partial charge < -0.3 is 10.2 Å². The average molecular weight is 375 g/mol. The number of thiocarbonyl (C=S) groups is 1. The molecule has 0 aliphatic heterocycles. The van der Waals surface area contributed by atoms with Crippen LogP contribution in [0, 0.1) is 0 Å². The molecule has 5 heteroatoms.